The van der Waals surface area contributed by atoms with Gasteiger partial charge < -0.3 is 10.2 Å². The van der Waals surface area contributed by atoms with Crippen LogP contribution in [0.4, 0.5) is 10.5 Å². The molecule has 0 saturated carbocycles. The van der Waals surface area contributed by atoms with Crippen LogP contribution in [0.3, 0.4) is 0 Å². The lowest BCUT2D eigenvalue weighted by Crippen LogP contribution is -2.50. The van der Waals surface area contributed by atoms with Gasteiger partial charge in [-0.3, -0.25) is 5.10 Å². The summed E-state index contributed by atoms with van der Waals surface area (Å²) in [7, 11) is -3.29. The fourth-order valence-corrected chi connectivity index (χ4v) is 4.09. The van der Waals surface area contributed by atoms with Gasteiger partial charge in [0.1, 0.15) is 10.7 Å². The maximum Gasteiger partial charge on any atom is 0.322 e. The molecule has 1 saturated heterocycles. The highest BCUT2D eigenvalue weighted by Gasteiger charge is 2.26. The average Bonchev–Trinajstić information content (AvgIpc) is 3.16. The molecule has 0 aliphatic carbocycles. The smallest absolute Gasteiger partial charge is 0.322 e. The Bertz CT molecular complexity index is 802. The molecule has 1 fully saturated rings. The van der Waals surface area contributed by atoms with Crippen LogP contribution in [-0.4, -0.2) is 59.9 Å². The molecule has 3 N–H and O–H groups in total. The van der Waals surface area contributed by atoms with Gasteiger partial charge in [-0.15, -0.1) is 11.3 Å². The second-order valence-corrected chi connectivity index (χ2v) is 8.28. The number of thiazole rings is 1. The Balaban J connectivity index is 1.66. The van der Waals surface area contributed by atoms with Crippen LogP contribution >= 0.6 is 11.3 Å². The van der Waals surface area contributed by atoms with E-state index >= 15 is 0 Å². The van der Waals surface area contributed by atoms with E-state index in [1.165, 1.54) is 17.5 Å². The maximum atomic E-state index is 12.5. The Morgan fingerprint density at radius 1 is 1.50 bits per heavy atom. The molecule has 0 spiro atoms. The third-order valence-electron chi connectivity index (χ3n) is 3.62. The minimum Gasteiger partial charge on any atom is -0.323 e. The summed E-state index contributed by atoms with van der Waals surface area (Å²) in [5.41, 5.74) is 1.20. The van der Waals surface area contributed by atoms with Crippen molar-refractivity contribution >= 4 is 33.1 Å². The highest BCUT2D eigenvalue weighted by atomic mass is 32.2. The number of nitrogens with zero attached hydrogens (tertiary/aromatic N) is 3. The van der Waals surface area contributed by atoms with E-state index in [1.54, 1.807) is 11.1 Å². The fourth-order valence-electron chi connectivity index (χ4n) is 2.65. The summed E-state index contributed by atoms with van der Waals surface area (Å²) < 4.78 is 25.3. The predicted molar refractivity (Wildman–Crippen MR) is 91.3 cm³/mol. The molecule has 1 aliphatic rings. The van der Waals surface area contributed by atoms with Crippen molar-refractivity contribution in [2.75, 3.05) is 24.7 Å². The minimum atomic E-state index is -3.29. The van der Waals surface area contributed by atoms with Gasteiger partial charge in [0.15, 0.2) is 0 Å². The maximum absolute atomic E-state index is 12.5. The van der Waals surface area contributed by atoms with Crippen molar-refractivity contribution in [3.63, 3.8) is 0 Å². The zero-order chi connectivity index (χ0) is 17.2. The van der Waals surface area contributed by atoms with Crippen LogP contribution in [0.2, 0.25) is 0 Å². The van der Waals surface area contributed by atoms with E-state index in [-0.39, 0.29) is 12.1 Å². The first-order chi connectivity index (χ1) is 11.4. The van der Waals surface area contributed by atoms with Gasteiger partial charge in [0.25, 0.3) is 0 Å². The third-order valence-corrected chi connectivity index (χ3v) is 5.17. The monoisotopic (exact) mass is 370 g/mol. The number of anilines is 1. The van der Waals surface area contributed by atoms with E-state index in [4.69, 9.17) is 0 Å². The largest absolute Gasteiger partial charge is 0.323 e. The number of likely N-dealkylation sites (tertiary alicyclic amines) is 1. The first kappa shape index (κ1) is 16.9. The number of aromatic nitrogens is 3. The van der Waals surface area contributed by atoms with E-state index in [2.05, 4.69) is 25.2 Å². The lowest BCUT2D eigenvalue weighted by atomic mass is 10.1. The van der Waals surface area contributed by atoms with Gasteiger partial charge in [0, 0.05) is 30.7 Å². The molecule has 3 heterocycles. The van der Waals surface area contributed by atoms with Crippen LogP contribution in [0, 0.1) is 0 Å². The van der Waals surface area contributed by atoms with Gasteiger partial charge in [0.05, 0.1) is 18.1 Å². The molecule has 0 radical (unpaired) electrons. The predicted octanol–water partition coefficient (Wildman–Crippen LogP) is 1.08. The number of rotatable bonds is 4. The zero-order valence-electron chi connectivity index (χ0n) is 13.0. The number of H-pyrrole nitrogens is 1. The number of amides is 2. The number of carbonyl (C=O) groups excluding carboxylic acids is 1. The molecule has 130 valence electrons. The van der Waals surface area contributed by atoms with Crippen LogP contribution < -0.4 is 10.0 Å². The van der Waals surface area contributed by atoms with E-state index in [9.17, 15) is 13.2 Å². The van der Waals surface area contributed by atoms with Gasteiger partial charge in [-0.05, 0) is 12.8 Å². The van der Waals surface area contributed by atoms with Gasteiger partial charge in [-0.25, -0.2) is 22.9 Å². The zero-order valence-corrected chi connectivity index (χ0v) is 14.7. The van der Waals surface area contributed by atoms with Crippen molar-refractivity contribution in [1.29, 1.82) is 0 Å². The summed E-state index contributed by atoms with van der Waals surface area (Å²) in [4.78, 5) is 18.3. The fraction of sp³-hybridized carbons (Fsp3) is 0.462. The van der Waals surface area contributed by atoms with Crippen molar-refractivity contribution in [3.05, 3.63) is 17.8 Å². The van der Waals surface area contributed by atoms with Gasteiger partial charge in [-0.2, -0.15) is 5.10 Å². The van der Waals surface area contributed by atoms with Gasteiger partial charge in [-0.1, -0.05) is 0 Å². The summed E-state index contributed by atoms with van der Waals surface area (Å²) in [5, 5.41) is 12.2. The first-order valence-electron chi connectivity index (χ1n) is 7.39. The number of nitrogens with one attached hydrogen (secondary N) is 3. The Morgan fingerprint density at radius 3 is 3.04 bits per heavy atom. The molecule has 24 heavy (non-hydrogen) atoms. The van der Waals surface area contributed by atoms with Crippen molar-refractivity contribution in [2.24, 2.45) is 0 Å². The van der Waals surface area contributed by atoms with Crippen molar-refractivity contribution in [3.8, 4) is 10.7 Å². The molecule has 1 atom stereocenters. The molecule has 3 rings (SSSR count). The van der Waals surface area contributed by atoms with E-state index in [0.29, 0.717) is 30.9 Å². The van der Waals surface area contributed by atoms with Crippen LogP contribution in [0.1, 0.15) is 12.8 Å². The molecule has 0 aromatic carbocycles. The quantitative estimate of drug-likeness (QED) is 0.744. The highest BCUT2D eigenvalue weighted by Crippen LogP contribution is 2.27. The average molecular weight is 370 g/mol. The van der Waals surface area contributed by atoms with E-state index in [0.717, 1.165) is 17.7 Å². The molecular weight excluding hydrogens is 352 g/mol. The molecule has 0 bridgehead atoms. The molecule has 2 aromatic heterocycles. The van der Waals surface area contributed by atoms with Crippen molar-refractivity contribution < 1.29 is 13.2 Å². The van der Waals surface area contributed by atoms with Crippen LogP contribution in [-0.2, 0) is 10.0 Å². The second-order valence-electron chi connectivity index (χ2n) is 5.60. The van der Waals surface area contributed by atoms with Crippen LogP contribution in [0.5, 0.6) is 0 Å². The summed E-state index contributed by atoms with van der Waals surface area (Å²) in [6.07, 6.45) is 5.79. The minimum absolute atomic E-state index is 0.262. The van der Waals surface area contributed by atoms with Gasteiger partial charge in [0.2, 0.25) is 10.0 Å². The van der Waals surface area contributed by atoms with Gasteiger partial charge >= 0.3 is 6.03 Å². The molecular formula is C13H18N6O3S2. The Kier molecular flexibility index (Phi) is 4.83. The Morgan fingerprint density at radius 2 is 2.33 bits per heavy atom. The molecule has 11 heteroatoms. The topological polar surface area (TPSA) is 120 Å². The number of hydrogen-bond acceptors (Lipinski definition) is 6. The Labute approximate surface area is 143 Å². The summed E-state index contributed by atoms with van der Waals surface area (Å²) in [6, 6.07) is -0.545. The molecule has 9 nitrogen and oxygen atoms in total. The summed E-state index contributed by atoms with van der Waals surface area (Å²) in [6.45, 7) is 0.918. The third kappa shape index (κ3) is 4.10. The van der Waals surface area contributed by atoms with Crippen LogP contribution in [0.15, 0.2) is 17.8 Å². The van der Waals surface area contributed by atoms with Crippen molar-refractivity contribution in [2.45, 2.75) is 18.9 Å². The number of sulfonamides is 1. The number of carbonyl (C=O) groups is 1. The standard InChI is InChI=1S/C13H18N6O3S2/c1-24(21,22)18-9-3-2-5-19(8-9)13(20)16-10-7-15-17-11(10)12-14-4-6-23-12/h4,6-7,9,18H,2-3,5,8H2,1H3,(H,15,17)(H,16,20). The SMILES string of the molecule is CS(=O)(=O)NC1CCCN(C(=O)Nc2cn[nH]c2-c2nccs2)C1. The summed E-state index contributed by atoms with van der Waals surface area (Å²) in [5.74, 6) is 0. The molecule has 1 aliphatic heterocycles. The number of aromatic amines is 1. The van der Waals surface area contributed by atoms with Crippen molar-refractivity contribution in [1.82, 2.24) is 24.8 Å². The molecule has 1 unspecified atom stereocenters. The number of hydrogen-bond donors (Lipinski definition) is 3. The Hall–Kier alpha value is -1.98. The first-order valence-corrected chi connectivity index (χ1v) is 10.2. The number of urea groups is 1. The lowest BCUT2D eigenvalue weighted by molar-refractivity contribution is 0.190. The molecule has 2 aromatic rings. The van der Waals surface area contributed by atoms with E-state index < -0.39 is 10.0 Å². The summed E-state index contributed by atoms with van der Waals surface area (Å²) >= 11 is 1.44. The van der Waals surface area contributed by atoms with E-state index in [1.807, 2.05) is 5.38 Å². The lowest BCUT2D eigenvalue weighted by Gasteiger charge is -2.32. The van der Waals surface area contributed by atoms with Crippen LogP contribution in [0.25, 0.3) is 10.7 Å². The normalized spacial score (nSPS) is 18.5. The second kappa shape index (κ2) is 6.87. The molecule has 2 amide bonds. The number of piperidine rings is 1. The highest BCUT2D eigenvalue weighted by molar-refractivity contribution is 7.88.